The number of pyridine rings is 1. The average molecular weight is 155 g/mol. The summed E-state index contributed by atoms with van der Waals surface area (Å²) in [4.78, 5) is 3.80. The first-order valence-electron chi connectivity index (χ1n) is 3.79. The second-order valence-corrected chi connectivity index (χ2v) is 2.08. The molecular weight excluding hydrogens is 141 g/mol. The Morgan fingerprint density at radius 1 is 1.27 bits per heavy atom. The third kappa shape index (κ3) is 3.12. The van der Waals surface area contributed by atoms with E-state index in [0.29, 0.717) is 5.69 Å². The summed E-state index contributed by atoms with van der Waals surface area (Å²) in [6.45, 7) is 7.46. The summed E-state index contributed by atoms with van der Waals surface area (Å²) in [5.41, 5.74) is 1.32. The van der Waals surface area contributed by atoms with Crippen LogP contribution in [0.15, 0.2) is 12.3 Å². The topological polar surface area (TPSA) is 12.9 Å². The van der Waals surface area contributed by atoms with E-state index >= 15 is 0 Å². The third-order valence-electron chi connectivity index (χ3n) is 1.16. The van der Waals surface area contributed by atoms with E-state index in [1.807, 2.05) is 20.8 Å². The van der Waals surface area contributed by atoms with Crippen LogP contribution in [0, 0.1) is 19.7 Å². The van der Waals surface area contributed by atoms with Gasteiger partial charge in [-0.25, -0.2) is 4.39 Å². The summed E-state index contributed by atoms with van der Waals surface area (Å²) in [7, 11) is 0. The van der Waals surface area contributed by atoms with Gasteiger partial charge in [-0.1, -0.05) is 13.8 Å². The van der Waals surface area contributed by atoms with Gasteiger partial charge in [0.1, 0.15) is 5.82 Å². The van der Waals surface area contributed by atoms with Crippen molar-refractivity contribution in [2.24, 2.45) is 0 Å². The lowest BCUT2D eigenvalue weighted by Crippen LogP contribution is -1.87. The molecule has 0 saturated heterocycles. The maximum absolute atomic E-state index is 12.5. The molecule has 1 aromatic rings. The zero-order valence-electron chi connectivity index (χ0n) is 7.48. The van der Waals surface area contributed by atoms with E-state index in [1.54, 1.807) is 13.1 Å². The number of nitrogens with zero attached hydrogens (tertiary/aromatic N) is 1. The zero-order valence-corrected chi connectivity index (χ0v) is 7.48. The van der Waals surface area contributed by atoms with E-state index in [2.05, 4.69) is 4.98 Å². The zero-order chi connectivity index (χ0) is 8.85. The summed E-state index contributed by atoms with van der Waals surface area (Å²) >= 11 is 0. The van der Waals surface area contributed by atoms with Gasteiger partial charge in [0.05, 0.1) is 5.69 Å². The van der Waals surface area contributed by atoms with Gasteiger partial charge in [-0.3, -0.25) is 4.98 Å². The number of aromatic nitrogens is 1. The van der Waals surface area contributed by atoms with Crippen LogP contribution in [-0.2, 0) is 0 Å². The molecule has 0 aromatic carbocycles. The molecule has 1 nitrogen and oxygen atoms in total. The Hall–Kier alpha value is -0.920. The fourth-order valence-corrected chi connectivity index (χ4v) is 0.602. The van der Waals surface area contributed by atoms with E-state index in [-0.39, 0.29) is 5.82 Å². The van der Waals surface area contributed by atoms with Gasteiger partial charge >= 0.3 is 0 Å². The van der Waals surface area contributed by atoms with E-state index in [9.17, 15) is 4.39 Å². The van der Waals surface area contributed by atoms with Crippen LogP contribution in [0.2, 0.25) is 0 Å². The molecule has 0 N–H and O–H groups in total. The van der Waals surface area contributed by atoms with E-state index in [0.717, 1.165) is 5.56 Å². The number of aryl methyl sites for hydroxylation is 2. The van der Waals surface area contributed by atoms with Crippen molar-refractivity contribution in [2.45, 2.75) is 27.7 Å². The quantitative estimate of drug-likeness (QED) is 0.561. The summed E-state index contributed by atoms with van der Waals surface area (Å²) in [6.07, 6.45) is 1.65. The largest absolute Gasteiger partial charge is 0.258 e. The molecule has 0 aliphatic carbocycles. The predicted octanol–water partition coefficient (Wildman–Crippen LogP) is 2.86. The Balaban J connectivity index is 0.000000461. The van der Waals surface area contributed by atoms with Crippen LogP contribution >= 0.6 is 0 Å². The number of hydrogen-bond acceptors (Lipinski definition) is 1. The second kappa shape index (κ2) is 4.83. The molecule has 0 aliphatic heterocycles. The molecule has 11 heavy (non-hydrogen) atoms. The molecule has 0 radical (unpaired) electrons. The Kier molecular flexibility index (Phi) is 4.42. The van der Waals surface area contributed by atoms with Crippen molar-refractivity contribution in [3.8, 4) is 0 Å². The van der Waals surface area contributed by atoms with Crippen molar-refractivity contribution < 1.29 is 4.39 Å². The summed E-state index contributed by atoms with van der Waals surface area (Å²) in [6, 6.07) is 1.47. The molecule has 1 rings (SSSR count). The fourth-order valence-electron chi connectivity index (χ4n) is 0.602. The molecule has 0 saturated carbocycles. The summed E-state index contributed by atoms with van der Waals surface area (Å²) in [5, 5.41) is 0. The van der Waals surface area contributed by atoms with Crippen LogP contribution in [0.4, 0.5) is 4.39 Å². The third-order valence-corrected chi connectivity index (χ3v) is 1.16. The molecule has 0 spiro atoms. The standard InChI is InChI=1S/C7H8FN.C2H6/c1-5-3-7(8)6(2)9-4-5;1-2/h3-4H,1-2H3;1-2H3. The minimum atomic E-state index is -0.227. The molecule has 0 fully saturated rings. The van der Waals surface area contributed by atoms with Crippen LogP contribution in [0.1, 0.15) is 25.1 Å². The molecule has 1 heterocycles. The highest BCUT2D eigenvalue weighted by molar-refractivity contribution is 5.13. The smallest absolute Gasteiger partial charge is 0.144 e. The van der Waals surface area contributed by atoms with Crippen molar-refractivity contribution in [1.82, 2.24) is 4.98 Å². The van der Waals surface area contributed by atoms with Crippen molar-refractivity contribution in [3.05, 3.63) is 29.3 Å². The van der Waals surface area contributed by atoms with Gasteiger partial charge in [0, 0.05) is 6.20 Å². The van der Waals surface area contributed by atoms with Crippen molar-refractivity contribution in [1.29, 1.82) is 0 Å². The molecule has 1 aromatic heterocycles. The van der Waals surface area contributed by atoms with Crippen LogP contribution in [0.5, 0.6) is 0 Å². The molecular formula is C9H14FN. The molecule has 2 heteroatoms. The van der Waals surface area contributed by atoms with E-state index in [1.165, 1.54) is 6.07 Å². The first-order valence-corrected chi connectivity index (χ1v) is 3.79. The van der Waals surface area contributed by atoms with E-state index < -0.39 is 0 Å². The Bertz CT molecular complexity index is 221. The minimum Gasteiger partial charge on any atom is -0.258 e. The van der Waals surface area contributed by atoms with Crippen molar-refractivity contribution in [2.75, 3.05) is 0 Å². The predicted molar refractivity (Wildman–Crippen MR) is 45.0 cm³/mol. The highest BCUT2D eigenvalue weighted by Crippen LogP contribution is 2.03. The monoisotopic (exact) mass is 155 g/mol. The van der Waals surface area contributed by atoms with Crippen molar-refractivity contribution >= 4 is 0 Å². The maximum atomic E-state index is 12.5. The first kappa shape index (κ1) is 10.1. The van der Waals surface area contributed by atoms with Crippen molar-refractivity contribution in [3.63, 3.8) is 0 Å². The van der Waals surface area contributed by atoms with Gasteiger partial charge in [0.15, 0.2) is 0 Å². The average Bonchev–Trinajstić information content (AvgIpc) is 2.02. The van der Waals surface area contributed by atoms with Gasteiger partial charge in [-0.15, -0.1) is 0 Å². The minimum absolute atomic E-state index is 0.227. The van der Waals surface area contributed by atoms with Crippen LogP contribution in [0.25, 0.3) is 0 Å². The molecule has 0 unspecified atom stereocenters. The molecule has 0 atom stereocenters. The molecule has 0 aliphatic rings. The van der Waals surface area contributed by atoms with Crippen LogP contribution < -0.4 is 0 Å². The maximum Gasteiger partial charge on any atom is 0.144 e. The lowest BCUT2D eigenvalue weighted by Gasteiger charge is -1.93. The Morgan fingerprint density at radius 3 is 2.18 bits per heavy atom. The second-order valence-electron chi connectivity index (χ2n) is 2.08. The number of rotatable bonds is 0. The van der Waals surface area contributed by atoms with Gasteiger partial charge in [0.25, 0.3) is 0 Å². The Morgan fingerprint density at radius 2 is 1.82 bits per heavy atom. The van der Waals surface area contributed by atoms with Gasteiger partial charge < -0.3 is 0 Å². The Labute approximate surface area is 67.3 Å². The fraction of sp³-hybridized carbons (Fsp3) is 0.444. The molecule has 62 valence electrons. The first-order chi connectivity index (χ1) is 5.20. The molecule has 0 bridgehead atoms. The summed E-state index contributed by atoms with van der Waals surface area (Å²) in [5.74, 6) is -0.227. The van der Waals surface area contributed by atoms with Crippen LogP contribution in [0.3, 0.4) is 0 Å². The number of halogens is 1. The highest BCUT2D eigenvalue weighted by Gasteiger charge is 1.94. The molecule has 0 amide bonds. The lowest BCUT2D eigenvalue weighted by atomic mass is 10.3. The van der Waals surface area contributed by atoms with E-state index in [4.69, 9.17) is 0 Å². The lowest BCUT2D eigenvalue weighted by molar-refractivity contribution is 0.608. The van der Waals surface area contributed by atoms with Gasteiger partial charge in [-0.05, 0) is 25.5 Å². The number of hydrogen-bond donors (Lipinski definition) is 0. The normalized spacial score (nSPS) is 8.45. The summed E-state index contributed by atoms with van der Waals surface area (Å²) < 4.78 is 12.5. The van der Waals surface area contributed by atoms with Gasteiger partial charge in [0.2, 0.25) is 0 Å². The van der Waals surface area contributed by atoms with Gasteiger partial charge in [-0.2, -0.15) is 0 Å². The SMILES string of the molecule is CC.Cc1cnc(C)c(F)c1. The van der Waals surface area contributed by atoms with Crippen LogP contribution in [-0.4, -0.2) is 4.98 Å². The highest BCUT2D eigenvalue weighted by atomic mass is 19.1.